The fourth-order valence-electron chi connectivity index (χ4n) is 3.25. The van der Waals surface area contributed by atoms with Crippen molar-refractivity contribution in [2.24, 2.45) is 5.92 Å². The van der Waals surface area contributed by atoms with Gasteiger partial charge in [-0.3, -0.25) is 4.79 Å². The van der Waals surface area contributed by atoms with Crippen LogP contribution in [0.5, 0.6) is 0 Å². The predicted octanol–water partition coefficient (Wildman–Crippen LogP) is 1.79. The number of hydrogen-bond donors (Lipinski definition) is 2. The number of nitrogens with zero attached hydrogens (tertiary/aromatic N) is 1. The Bertz CT molecular complexity index is 303. The maximum Gasteiger partial charge on any atom is 0.223 e. The Morgan fingerprint density at radius 2 is 1.90 bits per heavy atom. The molecule has 2 rings (SSSR count). The molecule has 5 heteroatoms. The molecule has 0 aromatic heterocycles. The SMILES string of the molecule is CC(C)N1CCC(NC(=O)[C@H]2CCN[C@@H](C)C2)CC1.Cl. The first-order valence-corrected chi connectivity index (χ1v) is 7.84. The molecule has 2 heterocycles. The molecule has 0 saturated carbocycles. The molecule has 0 aromatic rings. The van der Waals surface area contributed by atoms with E-state index >= 15 is 0 Å². The van der Waals surface area contributed by atoms with E-state index in [1.165, 1.54) is 0 Å². The van der Waals surface area contributed by atoms with E-state index in [4.69, 9.17) is 0 Å². The van der Waals surface area contributed by atoms with Crippen LogP contribution in [0.2, 0.25) is 0 Å². The van der Waals surface area contributed by atoms with Crippen LogP contribution in [0, 0.1) is 5.92 Å². The Kier molecular flexibility index (Phi) is 7.27. The second-order valence-corrected chi connectivity index (χ2v) is 6.49. The number of carbonyl (C=O) groups excluding carboxylic acids is 1. The summed E-state index contributed by atoms with van der Waals surface area (Å²) in [6.07, 6.45) is 4.17. The van der Waals surface area contributed by atoms with E-state index in [9.17, 15) is 4.79 Å². The average Bonchev–Trinajstić information content (AvgIpc) is 2.39. The second-order valence-electron chi connectivity index (χ2n) is 6.49. The molecule has 0 spiro atoms. The van der Waals surface area contributed by atoms with Gasteiger partial charge in [-0.2, -0.15) is 0 Å². The molecular weight excluding hydrogens is 274 g/mol. The van der Waals surface area contributed by atoms with Gasteiger partial charge in [0.05, 0.1) is 0 Å². The second kappa shape index (κ2) is 8.20. The highest BCUT2D eigenvalue weighted by Gasteiger charge is 2.28. The minimum Gasteiger partial charge on any atom is -0.353 e. The molecule has 0 aliphatic carbocycles. The number of carbonyl (C=O) groups is 1. The normalized spacial score (nSPS) is 29.0. The van der Waals surface area contributed by atoms with E-state index in [1.807, 2.05) is 0 Å². The molecule has 2 atom stereocenters. The van der Waals surface area contributed by atoms with E-state index in [0.717, 1.165) is 45.3 Å². The number of amides is 1. The molecule has 118 valence electrons. The highest BCUT2D eigenvalue weighted by atomic mass is 35.5. The third-order valence-corrected chi connectivity index (χ3v) is 4.60. The number of rotatable bonds is 3. The molecular formula is C15H30ClN3O. The summed E-state index contributed by atoms with van der Waals surface area (Å²) < 4.78 is 0. The molecule has 2 aliphatic rings. The van der Waals surface area contributed by atoms with Gasteiger partial charge in [0, 0.05) is 37.1 Å². The Morgan fingerprint density at radius 1 is 1.25 bits per heavy atom. The van der Waals surface area contributed by atoms with Crippen LogP contribution in [-0.2, 0) is 4.79 Å². The summed E-state index contributed by atoms with van der Waals surface area (Å²) in [5.41, 5.74) is 0. The molecule has 4 nitrogen and oxygen atoms in total. The van der Waals surface area contributed by atoms with Crippen molar-refractivity contribution in [3.63, 3.8) is 0 Å². The van der Waals surface area contributed by atoms with Gasteiger partial charge < -0.3 is 15.5 Å². The van der Waals surface area contributed by atoms with Crippen molar-refractivity contribution in [1.29, 1.82) is 0 Å². The van der Waals surface area contributed by atoms with Crippen molar-refractivity contribution in [2.75, 3.05) is 19.6 Å². The Hall–Kier alpha value is -0.320. The fraction of sp³-hybridized carbons (Fsp3) is 0.933. The highest BCUT2D eigenvalue weighted by molar-refractivity contribution is 5.85. The molecule has 2 fully saturated rings. The summed E-state index contributed by atoms with van der Waals surface area (Å²) >= 11 is 0. The Balaban J connectivity index is 0.00000200. The Labute approximate surface area is 129 Å². The molecule has 0 unspecified atom stereocenters. The van der Waals surface area contributed by atoms with Gasteiger partial charge in [0.2, 0.25) is 5.91 Å². The van der Waals surface area contributed by atoms with Crippen LogP contribution in [-0.4, -0.2) is 48.6 Å². The first-order chi connectivity index (χ1) is 9.06. The minimum absolute atomic E-state index is 0. The number of halogens is 1. The van der Waals surface area contributed by atoms with Crippen LogP contribution >= 0.6 is 12.4 Å². The van der Waals surface area contributed by atoms with E-state index in [-0.39, 0.29) is 24.2 Å². The summed E-state index contributed by atoms with van der Waals surface area (Å²) in [6, 6.07) is 1.50. The van der Waals surface area contributed by atoms with Gasteiger partial charge in [-0.25, -0.2) is 0 Å². The lowest BCUT2D eigenvalue weighted by Gasteiger charge is -2.36. The number of likely N-dealkylation sites (tertiary alicyclic amines) is 1. The molecule has 0 bridgehead atoms. The smallest absolute Gasteiger partial charge is 0.223 e. The number of nitrogens with one attached hydrogen (secondary N) is 2. The zero-order chi connectivity index (χ0) is 13.8. The van der Waals surface area contributed by atoms with Crippen molar-refractivity contribution in [1.82, 2.24) is 15.5 Å². The van der Waals surface area contributed by atoms with Gasteiger partial charge in [-0.15, -0.1) is 12.4 Å². The zero-order valence-corrected chi connectivity index (χ0v) is 13.8. The molecule has 2 saturated heterocycles. The third kappa shape index (κ3) is 4.90. The number of hydrogen-bond acceptors (Lipinski definition) is 3. The standard InChI is InChI=1S/C15H29N3O.ClH/c1-11(2)18-8-5-14(6-9-18)17-15(19)13-4-7-16-12(3)10-13;/h11-14,16H,4-10H2,1-3H3,(H,17,19);1H/t12-,13-;/m0./s1. The molecule has 20 heavy (non-hydrogen) atoms. The highest BCUT2D eigenvalue weighted by Crippen LogP contribution is 2.18. The maximum absolute atomic E-state index is 12.3. The maximum atomic E-state index is 12.3. The van der Waals surface area contributed by atoms with Crippen LogP contribution in [0.4, 0.5) is 0 Å². The van der Waals surface area contributed by atoms with Crippen LogP contribution in [0.1, 0.15) is 46.5 Å². The van der Waals surface area contributed by atoms with Gasteiger partial charge in [0.15, 0.2) is 0 Å². The van der Waals surface area contributed by atoms with Gasteiger partial charge in [-0.05, 0) is 53.0 Å². The van der Waals surface area contributed by atoms with Crippen molar-refractivity contribution in [2.45, 2.75) is 64.6 Å². The van der Waals surface area contributed by atoms with E-state index < -0.39 is 0 Å². The van der Waals surface area contributed by atoms with Gasteiger partial charge >= 0.3 is 0 Å². The van der Waals surface area contributed by atoms with Crippen LogP contribution < -0.4 is 10.6 Å². The first-order valence-electron chi connectivity index (χ1n) is 7.84. The lowest BCUT2D eigenvalue weighted by atomic mass is 9.91. The van der Waals surface area contributed by atoms with Crippen molar-refractivity contribution >= 4 is 18.3 Å². The van der Waals surface area contributed by atoms with Gasteiger partial charge in [0.25, 0.3) is 0 Å². The summed E-state index contributed by atoms with van der Waals surface area (Å²) in [7, 11) is 0. The molecule has 2 N–H and O–H groups in total. The third-order valence-electron chi connectivity index (χ3n) is 4.60. The molecule has 0 aromatic carbocycles. The van der Waals surface area contributed by atoms with Gasteiger partial charge in [-0.1, -0.05) is 0 Å². The quantitative estimate of drug-likeness (QED) is 0.835. The lowest BCUT2D eigenvalue weighted by molar-refractivity contribution is -0.127. The van der Waals surface area contributed by atoms with Crippen LogP contribution in [0.15, 0.2) is 0 Å². The minimum atomic E-state index is 0. The Morgan fingerprint density at radius 3 is 2.45 bits per heavy atom. The topological polar surface area (TPSA) is 44.4 Å². The average molecular weight is 304 g/mol. The van der Waals surface area contributed by atoms with E-state index in [2.05, 4.69) is 36.3 Å². The van der Waals surface area contributed by atoms with Crippen molar-refractivity contribution in [3.05, 3.63) is 0 Å². The monoisotopic (exact) mass is 303 g/mol. The van der Waals surface area contributed by atoms with Crippen LogP contribution in [0.3, 0.4) is 0 Å². The lowest BCUT2D eigenvalue weighted by Crippen LogP contribution is -2.49. The summed E-state index contributed by atoms with van der Waals surface area (Å²) in [6.45, 7) is 9.87. The summed E-state index contributed by atoms with van der Waals surface area (Å²) in [4.78, 5) is 14.8. The summed E-state index contributed by atoms with van der Waals surface area (Å²) in [5, 5.41) is 6.68. The van der Waals surface area contributed by atoms with E-state index in [1.54, 1.807) is 0 Å². The number of piperidine rings is 2. The zero-order valence-electron chi connectivity index (χ0n) is 13.0. The predicted molar refractivity (Wildman–Crippen MR) is 85.3 cm³/mol. The van der Waals surface area contributed by atoms with Crippen molar-refractivity contribution in [3.8, 4) is 0 Å². The fourth-order valence-corrected chi connectivity index (χ4v) is 3.25. The van der Waals surface area contributed by atoms with Gasteiger partial charge in [0.1, 0.15) is 0 Å². The molecule has 1 amide bonds. The molecule has 2 aliphatic heterocycles. The summed E-state index contributed by atoms with van der Waals surface area (Å²) in [5.74, 6) is 0.510. The largest absolute Gasteiger partial charge is 0.353 e. The van der Waals surface area contributed by atoms with Crippen molar-refractivity contribution < 1.29 is 4.79 Å². The van der Waals surface area contributed by atoms with Crippen LogP contribution in [0.25, 0.3) is 0 Å². The first kappa shape index (κ1) is 17.7. The van der Waals surface area contributed by atoms with E-state index in [0.29, 0.717) is 18.1 Å². The molecule has 0 radical (unpaired) electrons.